The maximum atomic E-state index is 13.1. The van der Waals surface area contributed by atoms with E-state index >= 15 is 0 Å². The summed E-state index contributed by atoms with van der Waals surface area (Å²) in [5.41, 5.74) is 2.19. The number of benzene rings is 1. The molecule has 1 saturated heterocycles. The molecule has 2 heterocycles. The molecule has 1 aromatic carbocycles. The summed E-state index contributed by atoms with van der Waals surface area (Å²) in [7, 11) is -3.56. The third-order valence-corrected chi connectivity index (χ3v) is 7.06. The average Bonchev–Trinajstić information content (AvgIpc) is 2.99. The molecular formula is C21H27N3O3S. The zero-order valence-electron chi connectivity index (χ0n) is 16.2. The van der Waals surface area contributed by atoms with Gasteiger partial charge in [0.25, 0.3) is 0 Å². The molecule has 2 aromatic rings. The smallest absolute Gasteiger partial charge is 0.243 e. The van der Waals surface area contributed by atoms with Gasteiger partial charge in [-0.15, -0.1) is 0 Å². The van der Waals surface area contributed by atoms with Crippen molar-refractivity contribution in [2.45, 2.75) is 50.3 Å². The van der Waals surface area contributed by atoms with Crippen molar-refractivity contribution in [1.29, 1.82) is 0 Å². The first-order chi connectivity index (χ1) is 13.5. The summed E-state index contributed by atoms with van der Waals surface area (Å²) in [5, 5.41) is 2.82. The number of carbonyl (C=O) groups excluding carboxylic acids is 1. The molecule has 3 rings (SSSR count). The minimum Gasteiger partial charge on any atom is -0.326 e. The fourth-order valence-electron chi connectivity index (χ4n) is 3.40. The lowest BCUT2D eigenvalue weighted by Gasteiger charge is -2.21. The first kappa shape index (κ1) is 20.5. The van der Waals surface area contributed by atoms with E-state index in [1.54, 1.807) is 41.8 Å². The van der Waals surface area contributed by atoms with Crippen molar-refractivity contribution in [2.24, 2.45) is 0 Å². The maximum Gasteiger partial charge on any atom is 0.243 e. The van der Waals surface area contributed by atoms with Crippen molar-refractivity contribution >= 4 is 21.6 Å². The number of nitrogens with one attached hydrogen (secondary N) is 1. The van der Waals surface area contributed by atoms with E-state index in [1.807, 2.05) is 12.1 Å². The van der Waals surface area contributed by atoms with Crippen LogP contribution in [0.5, 0.6) is 0 Å². The Kier molecular flexibility index (Phi) is 6.80. The zero-order chi connectivity index (χ0) is 20.0. The number of aromatic nitrogens is 1. The van der Waals surface area contributed by atoms with Crippen molar-refractivity contribution in [2.75, 3.05) is 18.4 Å². The van der Waals surface area contributed by atoms with Gasteiger partial charge in [0.1, 0.15) is 0 Å². The molecule has 0 atom stereocenters. The predicted molar refractivity (Wildman–Crippen MR) is 110 cm³/mol. The van der Waals surface area contributed by atoms with E-state index < -0.39 is 10.0 Å². The molecule has 1 N–H and O–H groups in total. The number of anilines is 1. The molecule has 6 nitrogen and oxygen atoms in total. The largest absolute Gasteiger partial charge is 0.326 e. The van der Waals surface area contributed by atoms with Gasteiger partial charge in [0, 0.05) is 37.6 Å². The second-order valence-electron chi connectivity index (χ2n) is 7.21. The van der Waals surface area contributed by atoms with Gasteiger partial charge in [-0.3, -0.25) is 9.78 Å². The van der Waals surface area contributed by atoms with Gasteiger partial charge in [-0.25, -0.2) is 8.42 Å². The molecule has 150 valence electrons. The van der Waals surface area contributed by atoms with E-state index in [2.05, 4.69) is 10.3 Å². The minimum atomic E-state index is -3.56. The molecule has 7 heteroatoms. The molecule has 1 aliphatic rings. The highest BCUT2D eigenvalue weighted by Gasteiger charge is 2.27. The van der Waals surface area contributed by atoms with Gasteiger partial charge in [-0.1, -0.05) is 25.0 Å². The van der Waals surface area contributed by atoms with Crippen molar-refractivity contribution in [3.63, 3.8) is 0 Å². The maximum absolute atomic E-state index is 13.1. The zero-order valence-corrected chi connectivity index (χ0v) is 17.0. The number of sulfonamides is 1. The highest BCUT2D eigenvalue weighted by molar-refractivity contribution is 7.89. The molecule has 1 aromatic heterocycles. The third-order valence-electron chi connectivity index (χ3n) is 5.02. The van der Waals surface area contributed by atoms with Crippen LogP contribution in [0.3, 0.4) is 0 Å². The number of aryl methyl sites for hydroxylation is 2. The van der Waals surface area contributed by atoms with Gasteiger partial charge in [-0.05, 0) is 55.5 Å². The fraction of sp³-hybridized carbons (Fsp3) is 0.429. The highest BCUT2D eigenvalue weighted by Crippen LogP contribution is 2.26. The van der Waals surface area contributed by atoms with Crippen LogP contribution in [-0.4, -0.2) is 36.7 Å². The monoisotopic (exact) mass is 401 g/mol. The van der Waals surface area contributed by atoms with Gasteiger partial charge >= 0.3 is 0 Å². The second kappa shape index (κ2) is 9.30. The van der Waals surface area contributed by atoms with E-state index in [-0.39, 0.29) is 10.8 Å². The minimum absolute atomic E-state index is 0.147. The summed E-state index contributed by atoms with van der Waals surface area (Å²) >= 11 is 0. The molecular weight excluding hydrogens is 374 g/mol. The Morgan fingerprint density at radius 3 is 2.57 bits per heavy atom. The Labute approximate surface area is 167 Å². The first-order valence-corrected chi connectivity index (χ1v) is 11.2. The van der Waals surface area contributed by atoms with Crippen LogP contribution >= 0.6 is 0 Å². The fourth-order valence-corrected chi connectivity index (χ4v) is 5.17. The van der Waals surface area contributed by atoms with E-state index in [4.69, 9.17) is 0 Å². The number of hydrogen-bond donors (Lipinski definition) is 1. The van der Waals surface area contributed by atoms with Crippen molar-refractivity contribution < 1.29 is 13.2 Å². The van der Waals surface area contributed by atoms with E-state index in [1.165, 1.54) is 0 Å². The van der Waals surface area contributed by atoms with Crippen LogP contribution in [0.4, 0.5) is 5.69 Å². The summed E-state index contributed by atoms with van der Waals surface area (Å²) < 4.78 is 27.8. The summed E-state index contributed by atoms with van der Waals surface area (Å²) in [4.78, 5) is 16.6. The van der Waals surface area contributed by atoms with Crippen LogP contribution in [0.15, 0.2) is 47.6 Å². The third kappa shape index (κ3) is 5.17. The Balaban J connectivity index is 1.71. The van der Waals surface area contributed by atoms with Crippen molar-refractivity contribution in [3.8, 4) is 0 Å². The summed E-state index contributed by atoms with van der Waals surface area (Å²) in [5.74, 6) is -0.147. The molecule has 0 unspecified atom stereocenters. The Morgan fingerprint density at radius 1 is 1.14 bits per heavy atom. The number of hydrogen-bond acceptors (Lipinski definition) is 4. The SMILES string of the molecule is Cc1ccc(NC(=O)CCc2cccnc2)cc1S(=O)(=O)N1CCCCCC1. The quantitative estimate of drug-likeness (QED) is 0.803. The molecule has 1 fully saturated rings. The normalized spacial score (nSPS) is 15.8. The molecule has 0 aliphatic carbocycles. The molecule has 0 saturated carbocycles. The number of pyridine rings is 1. The molecule has 0 bridgehead atoms. The summed E-state index contributed by atoms with van der Waals surface area (Å²) in [6.07, 6.45) is 8.26. The molecule has 28 heavy (non-hydrogen) atoms. The summed E-state index contributed by atoms with van der Waals surface area (Å²) in [6, 6.07) is 8.85. The van der Waals surface area contributed by atoms with Crippen LogP contribution in [-0.2, 0) is 21.2 Å². The van der Waals surface area contributed by atoms with Crippen LogP contribution < -0.4 is 5.32 Å². The van der Waals surface area contributed by atoms with Crippen LogP contribution in [0.1, 0.15) is 43.2 Å². The molecule has 1 amide bonds. The lowest BCUT2D eigenvalue weighted by atomic mass is 10.1. The predicted octanol–water partition coefficient (Wildman–Crippen LogP) is 3.53. The van der Waals surface area contributed by atoms with Crippen molar-refractivity contribution in [3.05, 3.63) is 53.9 Å². The molecule has 0 spiro atoms. The molecule has 0 radical (unpaired) electrons. The van der Waals surface area contributed by atoms with Gasteiger partial charge in [0.05, 0.1) is 4.90 Å². The number of nitrogens with zero attached hydrogens (tertiary/aromatic N) is 2. The highest BCUT2D eigenvalue weighted by atomic mass is 32.2. The number of rotatable bonds is 6. The van der Waals surface area contributed by atoms with E-state index in [0.29, 0.717) is 37.2 Å². The molecule has 1 aliphatic heterocycles. The van der Waals surface area contributed by atoms with E-state index in [0.717, 1.165) is 31.2 Å². The Morgan fingerprint density at radius 2 is 1.89 bits per heavy atom. The summed E-state index contributed by atoms with van der Waals surface area (Å²) in [6.45, 7) is 2.91. The number of amides is 1. The standard InChI is InChI=1S/C21H27N3O3S/c1-17-8-10-19(23-21(25)11-9-18-7-6-12-22-16-18)15-20(17)28(26,27)24-13-4-2-3-5-14-24/h6-8,10,12,15-16H,2-5,9,11,13-14H2,1H3,(H,23,25). The lowest BCUT2D eigenvalue weighted by Crippen LogP contribution is -2.32. The van der Waals surface area contributed by atoms with Gasteiger partial charge in [-0.2, -0.15) is 4.31 Å². The second-order valence-corrected chi connectivity index (χ2v) is 9.11. The van der Waals surface area contributed by atoms with E-state index in [9.17, 15) is 13.2 Å². The van der Waals surface area contributed by atoms with Crippen LogP contribution in [0, 0.1) is 6.92 Å². The van der Waals surface area contributed by atoms with Crippen LogP contribution in [0.25, 0.3) is 0 Å². The Bertz CT molecular complexity index is 906. The number of carbonyl (C=O) groups is 1. The lowest BCUT2D eigenvalue weighted by molar-refractivity contribution is -0.116. The topological polar surface area (TPSA) is 79.4 Å². The average molecular weight is 402 g/mol. The van der Waals surface area contributed by atoms with Gasteiger partial charge in [0.2, 0.25) is 15.9 Å². The van der Waals surface area contributed by atoms with Gasteiger partial charge < -0.3 is 5.32 Å². The van der Waals surface area contributed by atoms with Crippen molar-refractivity contribution in [1.82, 2.24) is 9.29 Å². The van der Waals surface area contributed by atoms with Gasteiger partial charge in [0.15, 0.2) is 0 Å². The van der Waals surface area contributed by atoms with Crippen LogP contribution in [0.2, 0.25) is 0 Å². The first-order valence-electron chi connectivity index (χ1n) is 9.76. The Hall–Kier alpha value is -2.25.